The molecule has 0 aliphatic rings. The number of carbonyl (C=O) groups excluding carboxylic acids is 2. The Morgan fingerprint density at radius 2 is 1.44 bits per heavy atom. The lowest BCUT2D eigenvalue weighted by Crippen LogP contribution is -2.13. The molecule has 0 spiro atoms. The summed E-state index contributed by atoms with van der Waals surface area (Å²) in [5, 5.41) is 5.71. The Bertz CT molecular complexity index is 1490. The second-order valence-corrected chi connectivity index (χ2v) is 8.01. The molecule has 0 aliphatic heterocycles. The molecular formula is C29H23N3O4. The number of benzene rings is 4. The van der Waals surface area contributed by atoms with Gasteiger partial charge in [-0.3, -0.25) is 9.59 Å². The van der Waals surface area contributed by atoms with Crippen LogP contribution in [0.15, 0.2) is 101 Å². The van der Waals surface area contributed by atoms with Crippen LogP contribution in [0, 0.1) is 0 Å². The fourth-order valence-electron chi connectivity index (χ4n) is 3.70. The Morgan fingerprint density at radius 1 is 0.778 bits per heavy atom. The summed E-state index contributed by atoms with van der Waals surface area (Å²) in [6, 6.07) is 28.6. The molecule has 1 aromatic heterocycles. The van der Waals surface area contributed by atoms with Crippen LogP contribution in [-0.2, 0) is 0 Å². The van der Waals surface area contributed by atoms with Crippen LogP contribution in [0.1, 0.15) is 27.6 Å². The summed E-state index contributed by atoms with van der Waals surface area (Å²) in [5.74, 6) is 0.648. The number of fused-ring (bicyclic) bond motifs is 1. The molecule has 5 rings (SSSR count). The zero-order chi connectivity index (χ0) is 24.9. The molecule has 4 aromatic carbocycles. The first kappa shape index (κ1) is 22.9. The van der Waals surface area contributed by atoms with Gasteiger partial charge in [0, 0.05) is 28.1 Å². The zero-order valence-electron chi connectivity index (χ0n) is 19.5. The van der Waals surface area contributed by atoms with E-state index < -0.39 is 0 Å². The topological polar surface area (TPSA) is 93.5 Å². The van der Waals surface area contributed by atoms with E-state index in [-0.39, 0.29) is 11.8 Å². The number of nitrogens with one attached hydrogen (secondary N) is 2. The summed E-state index contributed by atoms with van der Waals surface area (Å²) < 4.78 is 11.2. The minimum Gasteiger partial charge on any atom is -0.494 e. The second-order valence-electron chi connectivity index (χ2n) is 8.01. The minimum absolute atomic E-state index is 0.257. The van der Waals surface area contributed by atoms with Crippen molar-refractivity contribution in [2.24, 2.45) is 0 Å². The number of carbonyl (C=O) groups is 2. The molecular weight excluding hydrogens is 454 g/mol. The van der Waals surface area contributed by atoms with Crippen molar-refractivity contribution >= 4 is 34.3 Å². The minimum atomic E-state index is -0.257. The highest BCUT2D eigenvalue weighted by Gasteiger charge is 2.11. The number of hydrogen-bond donors (Lipinski definition) is 2. The Hall–Kier alpha value is -4.91. The molecule has 0 saturated carbocycles. The zero-order valence-corrected chi connectivity index (χ0v) is 19.5. The normalized spacial score (nSPS) is 10.7. The van der Waals surface area contributed by atoms with Crippen LogP contribution in [-0.4, -0.2) is 23.4 Å². The maximum absolute atomic E-state index is 12.7. The predicted molar refractivity (Wildman–Crippen MR) is 139 cm³/mol. The number of amides is 2. The lowest BCUT2D eigenvalue weighted by Gasteiger charge is -2.09. The fraction of sp³-hybridized carbons (Fsp3) is 0.0690. The third kappa shape index (κ3) is 5.10. The van der Waals surface area contributed by atoms with Crippen LogP contribution in [0.2, 0.25) is 0 Å². The molecule has 1 heterocycles. The summed E-state index contributed by atoms with van der Waals surface area (Å²) in [6.45, 7) is 2.41. The first-order valence-electron chi connectivity index (χ1n) is 11.5. The Morgan fingerprint density at radius 3 is 2.14 bits per heavy atom. The standard InChI is InChI=1S/C29H23N3O4/c1-2-35-24-7-5-6-21(18-24)28(34)31-22-14-10-19(11-15-22)27(33)30-23-16-12-20(13-17-23)29-32-25-8-3-4-9-26(25)36-29/h3-18H,2H2,1H3,(H,30,33)(H,31,34). The largest absolute Gasteiger partial charge is 0.494 e. The lowest BCUT2D eigenvalue weighted by atomic mass is 10.1. The number of para-hydroxylation sites is 2. The maximum atomic E-state index is 12.7. The lowest BCUT2D eigenvalue weighted by molar-refractivity contribution is 0.101. The van der Waals surface area contributed by atoms with Crippen molar-refractivity contribution in [2.75, 3.05) is 17.2 Å². The summed E-state index contributed by atoms with van der Waals surface area (Å²) in [7, 11) is 0. The van der Waals surface area contributed by atoms with Gasteiger partial charge in [-0.05, 0) is 85.8 Å². The van der Waals surface area contributed by atoms with Crippen molar-refractivity contribution in [3.63, 3.8) is 0 Å². The van der Waals surface area contributed by atoms with Gasteiger partial charge >= 0.3 is 0 Å². The van der Waals surface area contributed by atoms with Gasteiger partial charge in [-0.25, -0.2) is 4.98 Å². The molecule has 0 fully saturated rings. The summed E-state index contributed by atoms with van der Waals surface area (Å²) in [6.07, 6.45) is 0. The molecule has 0 aliphatic carbocycles. The number of anilines is 2. The second kappa shape index (κ2) is 10.1. The SMILES string of the molecule is CCOc1cccc(C(=O)Nc2ccc(C(=O)Nc3ccc(-c4nc5ccccc5o4)cc3)cc2)c1. The van der Waals surface area contributed by atoms with Gasteiger partial charge in [-0.2, -0.15) is 0 Å². The molecule has 7 heteroatoms. The van der Waals surface area contributed by atoms with Gasteiger partial charge in [0.05, 0.1) is 6.61 Å². The number of ether oxygens (including phenoxy) is 1. The van der Waals surface area contributed by atoms with Crippen LogP contribution in [0.3, 0.4) is 0 Å². The number of rotatable bonds is 7. The molecule has 2 N–H and O–H groups in total. The van der Waals surface area contributed by atoms with Crippen LogP contribution in [0.5, 0.6) is 5.75 Å². The van der Waals surface area contributed by atoms with E-state index >= 15 is 0 Å². The number of nitrogens with zero attached hydrogens (tertiary/aromatic N) is 1. The monoisotopic (exact) mass is 477 g/mol. The molecule has 0 radical (unpaired) electrons. The van der Waals surface area contributed by atoms with Gasteiger partial charge in [0.1, 0.15) is 11.3 Å². The molecule has 0 saturated heterocycles. The average molecular weight is 478 g/mol. The van der Waals surface area contributed by atoms with E-state index in [4.69, 9.17) is 9.15 Å². The van der Waals surface area contributed by atoms with Gasteiger partial charge in [0.2, 0.25) is 5.89 Å². The van der Waals surface area contributed by atoms with Gasteiger partial charge in [0.15, 0.2) is 5.58 Å². The number of oxazole rings is 1. The molecule has 0 unspecified atom stereocenters. The van der Waals surface area contributed by atoms with E-state index in [1.807, 2.05) is 43.3 Å². The summed E-state index contributed by atoms with van der Waals surface area (Å²) in [4.78, 5) is 29.7. The van der Waals surface area contributed by atoms with Crippen molar-refractivity contribution in [2.45, 2.75) is 6.92 Å². The highest BCUT2D eigenvalue weighted by molar-refractivity contribution is 6.06. The van der Waals surface area contributed by atoms with Crippen LogP contribution in [0.25, 0.3) is 22.6 Å². The predicted octanol–water partition coefficient (Wildman–Crippen LogP) is 6.40. The third-order valence-corrected chi connectivity index (χ3v) is 5.50. The van der Waals surface area contributed by atoms with Crippen LogP contribution < -0.4 is 15.4 Å². The molecule has 7 nitrogen and oxygen atoms in total. The molecule has 178 valence electrons. The van der Waals surface area contributed by atoms with Gasteiger partial charge in [-0.1, -0.05) is 18.2 Å². The van der Waals surface area contributed by atoms with Crippen molar-refractivity contribution < 1.29 is 18.7 Å². The van der Waals surface area contributed by atoms with E-state index in [9.17, 15) is 9.59 Å². The van der Waals surface area contributed by atoms with E-state index in [2.05, 4.69) is 15.6 Å². The Labute approximate surface area is 207 Å². The van der Waals surface area contributed by atoms with Crippen molar-refractivity contribution in [3.8, 4) is 17.2 Å². The molecule has 5 aromatic rings. The van der Waals surface area contributed by atoms with Gasteiger partial charge in [-0.15, -0.1) is 0 Å². The Balaban J connectivity index is 1.21. The molecule has 2 amide bonds. The quantitative estimate of drug-likeness (QED) is 0.283. The van der Waals surface area contributed by atoms with E-state index in [0.717, 1.165) is 16.7 Å². The highest BCUT2D eigenvalue weighted by Crippen LogP contribution is 2.25. The average Bonchev–Trinajstić information content (AvgIpc) is 3.34. The van der Waals surface area contributed by atoms with E-state index in [1.54, 1.807) is 60.7 Å². The summed E-state index contributed by atoms with van der Waals surface area (Å²) >= 11 is 0. The van der Waals surface area contributed by atoms with Crippen molar-refractivity contribution in [3.05, 3.63) is 108 Å². The van der Waals surface area contributed by atoms with Crippen molar-refractivity contribution in [1.82, 2.24) is 4.98 Å². The van der Waals surface area contributed by atoms with Crippen molar-refractivity contribution in [1.29, 1.82) is 0 Å². The third-order valence-electron chi connectivity index (χ3n) is 5.50. The van der Waals surface area contributed by atoms with E-state index in [0.29, 0.717) is 40.7 Å². The molecule has 0 atom stereocenters. The number of aromatic nitrogens is 1. The fourth-order valence-corrected chi connectivity index (χ4v) is 3.70. The summed E-state index contributed by atoms with van der Waals surface area (Å²) in [5.41, 5.74) is 4.52. The number of hydrogen-bond acceptors (Lipinski definition) is 5. The molecule has 0 bridgehead atoms. The van der Waals surface area contributed by atoms with E-state index in [1.165, 1.54) is 0 Å². The first-order chi connectivity index (χ1) is 17.6. The van der Waals surface area contributed by atoms with Crippen LogP contribution in [0.4, 0.5) is 11.4 Å². The Kier molecular flexibility index (Phi) is 6.44. The maximum Gasteiger partial charge on any atom is 0.255 e. The van der Waals surface area contributed by atoms with Gasteiger partial charge < -0.3 is 19.8 Å². The van der Waals surface area contributed by atoms with Gasteiger partial charge in [0.25, 0.3) is 11.8 Å². The van der Waals surface area contributed by atoms with Crippen LogP contribution >= 0.6 is 0 Å². The smallest absolute Gasteiger partial charge is 0.255 e. The first-order valence-corrected chi connectivity index (χ1v) is 11.5. The highest BCUT2D eigenvalue weighted by atomic mass is 16.5. The molecule has 36 heavy (non-hydrogen) atoms.